The van der Waals surface area contributed by atoms with Gasteiger partial charge in [-0.15, -0.1) is 11.3 Å². The molecular formula is C12H19NOS. The van der Waals surface area contributed by atoms with Crippen molar-refractivity contribution in [2.24, 2.45) is 5.92 Å². The lowest BCUT2D eigenvalue weighted by atomic mass is 9.85. The second kappa shape index (κ2) is 5.08. The quantitative estimate of drug-likeness (QED) is 0.782. The van der Waals surface area contributed by atoms with E-state index in [0.717, 1.165) is 5.69 Å². The lowest BCUT2D eigenvalue weighted by Gasteiger charge is -2.27. The highest BCUT2D eigenvalue weighted by molar-refractivity contribution is 7.09. The Balaban J connectivity index is 2.08. The third-order valence-corrected chi connectivity index (χ3v) is 4.24. The van der Waals surface area contributed by atoms with Crippen LogP contribution in [0.15, 0.2) is 5.38 Å². The fraction of sp³-hybridized carbons (Fsp3) is 0.750. The third-order valence-electron chi connectivity index (χ3n) is 3.21. The summed E-state index contributed by atoms with van der Waals surface area (Å²) in [4.78, 5) is 4.55. The maximum atomic E-state index is 5.64. The topological polar surface area (TPSA) is 22.1 Å². The molecule has 2 rings (SSSR count). The number of ether oxygens (including phenoxy) is 1. The van der Waals surface area contributed by atoms with Gasteiger partial charge in [0, 0.05) is 18.2 Å². The van der Waals surface area contributed by atoms with E-state index in [1.165, 1.54) is 37.1 Å². The third kappa shape index (κ3) is 2.58. The van der Waals surface area contributed by atoms with Gasteiger partial charge in [0.2, 0.25) is 0 Å². The molecule has 1 heterocycles. The van der Waals surface area contributed by atoms with Crippen molar-refractivity contribution in [1.29, 1.82) is 0 Å². The highest BCUT2D eigenvalue weighted by Gasteiger charge is 2.26. The summed E-state index contributed by atoms with van der Waals surface area (Å²) in [5, 5.41) is 3.28. The van der Waals surface area contributed by atoms with E-state index in [9.17, 15) is 0 Å². The fourth-order valence-corrected chi connectivity index (χ4v) is 3.40. The van der Waals surface area contributed by atoms with E-state index in [2.05, 4.69) is 10.4 Å². The van der Waals surface area contributed by atoms with Gasteiger partial charge in [-0.1, -0.05) is 19.3 Å². The van der Waals surface area contributed by atoms with E-state index < -0.39 is 0 Å². The molecule has 1 aliphatic carbocycles. The van der Waals surface area contributed by atoms with Crippen molar-refractivity contribution in [3.63, 3.8) is 0 Å². The van der Waals surface area contributed by atoms with E-state index in [1.807, 2.05) is 14.0 Å². The van der Waals surface area contributed by atoms with Crippen molar-refractivity contribution in [3.05, 3.63) is 16.1 Å². The van der Waals surface area contributed by atoms with Crippen LogP contribution in [-0.2, 0) is 4.74 Å². The predicted octanol–water partition coefficient (Wildman–Crippen LogP) is 3.72. The first-order chi connectivity index (χ1) is 7.31. The second-order valence-electron chi connectivity index (χ2n) is 4.38. The van der Waals surface area contributed by atoms with Gasteiger partial charge in [-0.3, -0.25) is 0 Å². The molecule has 0 radical (unpaired) electrons. The number of rotatable bonds is 3. The summed E-state index contributed by atoms with van der Waals surface area (Å²) in [7, 11) is 1.82. The monoisotopic (exact) mass is 225 g/mol. The molecule has 0 bridgehead atoms. The molecule has 1 saturated carbocycles. The first kappa shape index (κ1) is 11.1. The molecule has 1 fully saturated rings. The number of thiazole rings is 1. The molecular weight excluding hydrogens is 206 g/mol. The minimum Gasteiger partial charge on any atom is -0.374 e. The number of hydrogen-bond donors (Lipinski definition) is 0. The van der Waals surface area contributed by atoms with Crippen molar-refractivity contribution >= 4 is 11.3 Å². The minimum atomic E-state index is 0.240. The molecule has 0 aliphatic heterocycles. The molecule has 0 amide bonds. The van der Waals surface area contributed by atoms with Crippen molar-refractivity contribution in [2.45, 2.75) is 45.1 Å². The highest BCUT2D eigenvalue weighted by Crippen LogP contribution is 2.37. The Hall–Kier alpha value is -0.410. The number of aromatic nitrogens is 1. The van der Waals surface area contributed by atoms with Crippen LogP contribution in [0.5, 0.6) is 0 Å². The first-order valence-corrected chi connectivity index (χ1v) is 6.64. The molecule has 0 aromatic carbocycles. The van der Waals surface area contributed by atoms with Gasteiger partial charge in [-0.05, 0) is 25.7 Å². The van der Waals surface area contributed by atoms with Crippen LogP contribution in [0.1, 0.15) is 48.9 Å². The van der Waals surface area contributed by atoms with E-state index >= 15 is 0 Å². The molecule has 2 nitrogen and oxygen atoms in total. The molecule has 1 aromatic heterocycles. The zero-order chi connectivity index (χ0) is 10.7. The smallest absolute Gasteiger partial charge is 0.122 e. The van der Waals surface area contributed by atoms with Crippen LogP contribution in [-0.4, -0.2) is 12.1 Å². The summed E-state index contributed by atoms with van der Waals surface area (Å²) < 4.78 is 5.64. The zero-order valence-corrected chi connectivity index (χ0v) is 10.3. The van der Waals surface area contributed by atoms with Gasteiger partial charge >= 0.3 is 0 Å². The average molecular weight is 225 g/mol. The van der Waals surface area contributed by atoms with Crippen LogP contribution in [0.2, 0.25) is 0 Å². The zero-order valence-electron chi connectivity index (χ0n) is 9.53. The van der Waals surface area contributed by atoms with Gasteiger partial charge in [0.15, 0.2) is 0 Å². The van der Waals surface area contributed by atoms with Gasteiger partial charge in [-0.2, -0.15) is 0 Å². The summed E-state index contributed by atoms with van der Waals surface area (Å²) in [6.45, 7) is 2.05. The number of aryl methyl sites for hydroxylation is 1. The lowest BCUT2D eigenvalue weighted by molar-refractivity contribution is 0.0352. The number of hydrogen-bond acceptors (Lipinski definition) is 3. The van der Waals surface area contributed by atoms with E-state index in [4.69, 9.17) is 4.74 Å². The van der Waals surface area contributed by atoms with Crippen LogP contribution >= 0.6 is 11.3 Å². The maximum absolute atomic E-state index is 5.64. The minimum absolute atomic E-state index is 0.240. The molecule has 1 atom stereocenters. The number of methoxy groups -OCH3 is 1. The Labute approximate surface area is 95.7 Å². The number of nitrogens with zero attached hydrogens (tertiary/aromatic N) is 1. The standard InChI is InChI=1S/C12H19NOS/c1-9-8-15-12(13-9)11(14-2)10-6-4-3-5-7-10/h8,10-11H,3-7H2,1-2H3. The normalized spacial score (nSPS) is 20.4. The molecule has 1 aromatic rings. The summed E-state index contributed by atoms with van der Waals surface area (Å²) in [6, 6.07) is 0. The molecule has 3 heteroatoms. The fourth-order valence-electron chi connectivity index (χ4n) is 2.43. The van der Waals surface area contributed by atoms with Crippen LogP contribution in [0.25, 0.3) is 0 Å². The van der Waals surface area contributed by atoms with Gasteiger partial charge in [0.1, 0.15) is 11.1 Å². The largest absolute Gasteiger partial charge is 0.374 e. The summed E-state index contributed by atoms with van der Waals surface area (Å²) in [6.07, 6.45) is 6.95. The molecule has 1 aliphatic rings. The van der Waals surface area contributed by atoms with Gasteiger partial charge in [0.05, 0.1) is 0 Å². The predicted molar refractivity (Wildman–Crippen MR) is 63.2 cm³/mol. The Morgan fingerprint density at radius 1 is 1.40 bits per heavy atom. The molecule has 1 unspecified atom stereocenters. The summed E-state index contributed by atoms with van der Waals surface area (Å²) >= 11 is 1.74. The van der Waals surface area contributed by atoms with Crippen LogP contribution < -0.4 is 0 Å². The molecule has 0 spiro atoms. The maximum Gasteiger partial charge on any atom is 0.122 e. The summed E-state index contributed by atoms with van der Waals surface area (Å²) in [5.74, 6) is 0.689. The first-order valence-electron chi connectivity index (χ1n) is 5.76. The van der Waals surface area contributed by atoms with Crippen molar-refractivity contribution < 1.29 is 4.74 Å². The van der Waals surface area contributed by atoms with Crippen molar-refractivity contribution in [1.82, 2.24) is 4.98 Å². The molecule has 15 heavy (non-hydrogen) atoms. The Kier molecular flexibility index (Phi) is 3.76. The van der Waals surface area contributed by atoms with Gasteiger partial charge in [-0.25, -0.2) is 4.98 Å². The Morgan fingerprint density at radius 3 is 2.67 bits per heavy atom. The van der Waals surface area contributed by atoms with Crippen LogP contribution in [0.3, 0.4) is 0 Å². The Bertz CT molecular complexity index is 304. The van der Waals surface area contributed by atoms with Gasteiger partial charge in [0.25, 0.3) is 0 Å². The summed E-state index contributed by atoms with van der Waals surface area (Å²) in [5.41, 5.74) is 1.12. The van der Waals surface area contributed by atoms with E-state index in [-0.39, 0.29) is 6.10 Å². The van der Waals surface area contributed by atoms with Crippen molar-refractivity contribution in [2.75, 3.05) is 7.11 Å². The molecule has 0 saturated heterocycles. The van der Waals surface area contributed by atoms with E-state index in [0.29, 0.717) is 5.92 Å². The SMILES string of the molecule is COC(c1nc(C)cs1)C1CCCCC1. The molecule has 0 N–H and O–H groups in total. The average Bonchev–Trinajstić information content (AvgIpc) is 2.68. The van der Waals surface area contributed by atoms with Crippen LogP contribution in [0.4, 0.5) is 0 Å². The van der Waals surface area contributed by atoms with Crippen molar-refractivity contribution in [3.8, 4) is 0 Å². The van der Waals surface area contributed by atoms with Gasteiger partial charge < -0.3 is 4.74 Å². The van der Waals surface area contributed by atoms with E-state index in [1.54, 1.807) is 11.3 Å². The van der Waals surface area contributed by atoms with Crippen LogP contribution in [0, 0.1) is 12.8 Å². The lowest BCUT2D eigenvalue weighted by Crippen LogP contribution is -2.17. The molecule has 84 valence electrons. The highest BCUT2D eigenvalue weighted by atomic mass is 32.1. The second-order valence-corrected chi connectivity index (χ2v) is 5.27. The Morgan fingerprint density at radius 2 is 2.13 bits per heavy atom.